The Balaban J connectivity index is 1.99. The van der Waals surface area contributed by atoms with Crippen LogP contribution in [0.5, 0.6) is 0 Å². The normalized spacial score (nSPS) is 17.2. The van der Waals surface area contributed by atoms with Gasteiger partial charge < -0.3 is 14.4 Å². The predicted molar refractivity (Wildman–Crippen MR) is 72.9 cm³/mol. The fraction of sp³-hybridized carbons (Fsp3) is 0.571. The molecule has 0 bridgehead atoms. The van der Waals surface area contributed by atoms with E-state index in [1.165, 1.54) is 6.07 Å². The molecule has 1 aliphatic rings. The largest absolute Gasteiger partial charge is 0.478 e. The topological polar surface area (TPSA) is 74.0 Å². The van der Waals surface area contributed by atoms with Crippen molar-refractivity contribution in [2.24, 2.45) is 0 Å². The van der Waals surface area contributed by atoms with E-state index in [4.69, 9.17) is 9.52 Å². The van der Waals surface area contributed by atoms with E-state index in [9.17, 15) is 9.59 Å². The maximum Gasteiger partial charge on any atom is 0.338 e. The van der Waals surface area contributed by atoms with Crippen LogP contribution >= 0.6 is 0 Å². The minimum absolute atomic E-state index is 0.00155. The molecule has 0 spiro atoms. The van der Waals surface area contributed by atoms with Crippen molar-refractivity contribution in [1.29, 1.82) is 0 Å². The van der Waals surface area contributed by atoms with Gasteiger partial charge in [-0.2, -0.15) is 0 Å². The number of rotatable bonds is 2. The van der Waals surface area contributed by atoms with Crippen LogP contribution in [-0.4, -0.2) is 58.5 Å². The van der Waals surface area contributed by atoms with Gasteiger partial charge in [0.2, 0.25) is 0 Å². The van der Waals surface area contributed by atoms with Gasteiger partial charge >= 0.3 is 5.97 Å². The van der Waals surface area contributed by atoms with Crippen molar-refractivity contribution in [3.8, 4) is 0 Å². The average molecular weight is 280 g/mol. The molecule has 1 aromatic heterocycles. The van der Waals surface area contributed by atoms with Crippen LogP contribution in [0.15, 0.2) is 16.7 Å². The highest BCUT2D eigenvalue weighted by atomic mass is 16.4. The molecule has 0 aliphatic carbocycles. The third-order valence-corrected chi connectivity index (χ3v) is 3.57. The second kappa shape index (κ2) is 5.28. The molecule has 110 valence electrons. The average Bonchev–Trinajstić information content (AvgIpc) is 2.86. The van der Waals surface area contributed by atoms with Gasteiger partial charge in [-0.1, -0.05) is 0 Å². The van der Waals surface area contributed by atoms with E-state index in [-0.39, 0.29) is 22.8 Å². The van der Waals surface area contributed by atoms with Gasteiger partial charge in [-0.15, -0.1) is 0 Å². The first-order valence-corrected chi connectivity index (χ1v) is 6.65. The van der Waals surface area contributed by atoms with Gasteiger partial charge in [-0.25, -0.2) is 4.79 Å². The van der Waals surface area contributed by atoms with E-state index >= 15 is 0 Å². The maximum absolute atomic E-state index is 12.2. The molecule has 1 saturated heterocycles. The second-order valence-electron chi connectivity index (χ2n) is 5.95. The van der Waals surface area contributed by atoms with Crippen LogP contribution in [0.4, 0.5) is 0 Å². The first kappa shape index (κ1) is 14.6. The Morgan fingerprint density at radius 1 is 1.20 bits per heavy atom. The van der Waals surface area contributed by atoms with Crippen molar-refractivity contribution in [2.45, 2.75) is 26.3 Å². The van der Waals surface area contributed by atoms with Crippen molar-refractivity contribution in [1.82, 2.24) is 9.80 Å². The lowest BCUT2D eigenvalue weighted by Crippen LogP contribution is -2.54. The number of hydrogen-bond acceptors (Lipinski definition) is 4. The first-order valence-electron chi connectivity index (χ1n) is 6.65. The van der Waals surface area contributed by atoms with E-state index in [1.54, 1.807) is 4.90 Å². The van der Waals surface area contributed by atoms with Crippen LogP contribution < -0.4 is 0 Å². The minimum atomic E-state index is -1.09. The number of carboxylic acids is 1. The van der Waals surface area contributed by atoms with E-state index in [0.717, 1.165) is 19.4 Å². The van der Waals surface area contributed by atoms with Gasteiger partial charge in [-0.3, -0.25) is 9.69 Å². The standard InChI is InChI=1S/C14H20N2O4/c1-14(2,3)16-6-4-15(5-7-16)12(17)11-8-10(9-20-11)13(18)19/h8-9H,4-7H2,1-3H3,(H,18,19). The molecule has 1 amide bonds. The molecular formula is C14H20N2O4. The van der Waals surface area contributed by atoms with Gasteiger partial charge in [0, 0.05) is 37.8 Å². The van der Waals surface area contributed by atoms with Crippen LogP contribution in [0.3, 0.4) is 0 Å². The molecule has 0 radical (unpaired) electrons. The van der Waals surface area contributed by atoms with Crippen molar-refractivity contribution >= 4 is 11.9 Å². The summed E-state index contributed by atoms with van der Waals surface area (Å²) in [6.07, 6.45) is 1.10. The van der Waals surface area contributed by atoms with Crippen molar-refractivity contribution in [2.75, 3.05) is 26.2 Å². The quantitative estimate of drug-likeness (QED) is 0.889. The Bertz CT molecular complexity index is 507. The molecule has 0 atom stereocenters. The Hall–Kier alpha value is -1.82. The third-order valence-electron chi connectivity index (χ3n) is 3.57. The molecule has 1 N–H and O–H groups in total. The molecule has 20 heavy (non-hydrogen) atoms. The zero-order valence-corrected chi connectivity index (χ0v) is 12.0. The number of nitrogens with zero attached hydrogens (tertiary/aromatic N) is 2. The van der Waals surface area contributed by atoms with Crippen molar-refractivity contribution in [3.05, 3.63) is 23.7 Å². The molecule has 1 aromatic rings. The number of carbonyl (C=O) groups excluding carboxylic acids is 1. The Kier molecular flexibility index (Phi) is 3.85. The maximum atomic E-state index is 12.2. The molecule has 1 aliphatic heterocycles. The zero-order chi connectivity index (χ0) is 14.9. The molecular weight excluding hydrogens is 260 g/mol. The predicted octanol–water partition coefficient (Wildman–Crippen LogP) is 1.53. The van der Waals surface area contributed by atoms with Crippen LogP contribution in [-0.2, 0) is 0 Å². The van der Waals surface area contributed by atoms with E-state index in [2.05, 4.69) is 25.7 Å². The monoisotopic (exact) mass is 280 g/mol. The van der Waals surface area contributed by atoms with Gasteiger partial charge in [0.25, 0.3) is 5.91 Å². The van der Waals surface area contributed by atoms with Crippen LogP contribution in [0.25, 0.3) is 0 Å². The number of aromatic carboxylic acids is 1. The molecule has 0 saturated carbocycles. The summed E-state index contributed by atoms with van der Waals surface area (Å²) in [5.74, 6) is -1.25. The summed E-state index contributed by atoms with van der Waals surface area (Å²) in [6, 6.07) is 1.28. The molecule has 2 heterocycles. The number of piperazine rings is 1. The van der Waals surface area contributed by atoms with Crippen LogP contribution in [0.1, 0.15) is 41.7 Å². The first-order chi connectivity index (χ1) is 9.29. The minimum Gasteiger partial charge on any atom is -0.478 e. The van der Waals surface area contributed by atoms with Gasteiger partial charge in [-0.05, 0) is 20.8 Å². The summed E-state index contributed by atoms with van der Waals surface area (Å²) in [5, 5.41) is 8.82. The highest BCUT2D eigenvalue weighted by molar-refractivity contribution is 5.95. The highest BCUT2D eigenvalue weighted by Crippen LogP contribution is 2.18. The van der Waals surface area contributed by atoms with E-state index in [0.29, 0.717) is 13.1 Å². The summed E-state index contributed by atoms with van der Waals surface area (Å²) in [5.41, 5.74) is 0.0951. The molecule has 0 unspecified atom stereocenters. The lowest BCUT2D eigenvalue weighted by Gasteiger charge is -2.42. The highest BCUT2D eigenvalue weighted by Gasteiger charge is 2.29. The molecule has 1 fully saturated rings. The number of amides is 1. The van der Waals surface area contributed by atoms with E-state index in [1.807, 2.05) is 0 Å². The van der Waals surface area contributed by atoms with Crippen LogP contribution in [0, 0.1) is 0 Å². The lowest BCUT2D eigenvalue weighted by atomic mass is 10.0. The van der Waals surface area contributed by atoms with Gasteiger partial charge in [0.15, 0.2) is 5.76 Å². The summed E-state index contributed by atoms with van der Waals surface area (Å²) < 4.78 is 5.05. The summed E-state index contributed by atoms with van der Waals surface area (Å²) in [6.45, 7) is 9.31. The Labute approximate surface area is 118 Å². The fourth-order valence-corrected chi connectivity index (χ4v) is 2.30. The number of furan rings is 1. The van der Waals surface area contributed by atoms with Crippen molar-refractivity contribution in [3.63, 3.8) is 0 Å². The van der Waals surface area contributed by atoms with E-state index < -0.39 is 5.97 Å². The Morgan fingerprint density at radius 3 is 2.25 bits per heavy atom. The number of carboxylic acid groups (broad SMARTS) is 1. The smallest absolute Gasteiger partial charge is 0.338 e. The molecule has 0 aromatic carbocycles. The number of hydrogen-bond donors (Lipinski definition) is 1. The summed E-state index contributed by atoms with van der Waals surface area (Å²) in [7, 11) is 0. The molecule has 6 nitrogen and oxygen atoms in total. The van der Waals surface area contributed by atoms with Gasteiger partial charge in [0.1, 0.15) is 6.26 Å². The summed E-state index contributed by atoms with van der Waals surface area (Å²) >= 11 is 0. The Morgan fingerprint density at radius 2 is 1.80 bits per heavy atom. The third kappa shape index (κ3) is 3.01. The number of carbonyl (C=O) groups is 2. The second-order valence-corrected chi connectivity index (χ2v) is 5.95. The fourth-order valence-electron chi connectivity index (χ4n) is 2.30. The van der Waals surface area contributed by atoms with Crippen LogP contribution in [0.2, 0.25) is 0 Å². The molecule has 2 rings (SSSR count). The van der Waals surface area contributed by atoms with Crippen molar-refractivity contribution < 1.29 is 19.1 Å². The lowest BCUT2D eigenvalue weighted by molar-refractivity contribution is 0.0428. The summed E-state index contributed by atoms with van der Waals surface area (Å²) in [4.78, 5) is 27.0. The SMILES string of the molecule is CC(C)(C)N1CCN(C(=O)c2cc(C(=O)O)co2)CC1. The zero-order valence-electron chi connectivity index (χ0n) is 12.0. The van der Waals surface area contributed by atoms with Gasteiger partial charge in [0.05, 0.1) is 5.56 Å². The molecule has 6 heteroatoms.